The third-order valence-corrected chi connectivity index (χ3v) is 2.11. The van der Waals surface area contributed by atoms with Crippen LogP contribution in [0.5, 0.6) is 0 Å². The van der Waals surface area contributed by atoms with Gasteiger partial charge in [-0.1, -0.05) is 0 Å². The molecule has 1 aromatic rings. The Labute approximate surface area is 87.3 Å². The lowest BCUT2D eigenvalue weighted by Gasteiger charge is -2.14. The van der Waals surface area contributed by atoms with Gasteiger partial charge in [-0.3, -0.25) is 9.25 Å². The lowest BCUT2D eigenvalue weighted by molar-refractivity contribution is 0.0223. The molecule has 0 spiro atoms. The van der Waals surface area contributed by atoms with Gasteiger partial charge < -0.3 is 20.5 Å². The highest BCUT2D eigenvalue weighted by atomic mass is 31.1. The molecule has 1 rings (SSSR count). The van der Waals surface area contributed by atoms with Crippen molar-refractivity contribution in [3.05, 3.63) is 12.3 Å². The molecular formula is C7H14N3O4P. The molecule has 0 saturated heterocycles. The number of aliphatic hydroxyl groups excluding tert-OH is 1. The molecule has 0 aliphatic heterocycles. The van der Waals surface area contributed by atoms with E-state index in [2.05, 4.69) is 5.10 Å². The number of nitrogen functional groups attached to an aromatic ring is 1. The molecule has 1 heterocycles. The van der Waals surface area contributed by atoms with Crippen LogP contribution in [-0.4, -0.2) is 38.8 Å². The standard InChI is InChI=1S/C7H14N3O4P/c8-7-1-2-10(9-7)3-6(4-11)14-5-15(12)13/h1-2,6,11,15H,3-5H2,(H2,8,9)(H,12,13). The van der Waals surface area contributed by atoms with Crippen molar-refractivity contribution in [2.75, 3.05) is 18.7 Å². The highest BCUT2D eigenvalue weighted by Gasteiger charge is 2.10. The maximum absolute atomic E-state index is 10.4. The number of rotatable bonds is 6. The molecule has 8 heteroatoms. The van der Waals surface area contributed by atoms with E-state index >= 15 is 0 Å². The van der Waals surface area contributed by atoms with Crippen LogP contribution in [0, 0.1) is 0 Å². The van der Waals surface area contributed by atoms with Crippen LogP contribution in [0.2, 0.25) is 0 Å². The molecule has 0 aromatic carbocycles. The van der Waals surface area contributed by atoms with Crippen molar-refractivity contribution in [2.45, 2.75) is 12.6 Å². The molecule has 15 heavy (non-hydrogen) atoms. The SMILES string of the molecule is Nc1ccn(CC(CO)OC[PH](=O)O)n1. The van der Waals surface area contributed by atoms with E-state index in [0.29, 0.717) is 12.4 Å². The Morgan fingerprint density at radius 1 is 1.73 bits per heavy atom. The fraction of sp³-hybridized carbons (Fsp3) is 0.571. The molecule has 1 aromatic heterocycles. The Balaban J connectivity index is 2.42. The maximum atomic E-state index is 10.4. The van der Waals surface area contributed by atoms with E-state index in [1.807, 2.05) is 0 Å². The summed E-state index contributed by atoms with van der Waals surface area (Å²) in [6.45, 7) is 0.0533. The third-order valence-electron chi connectivity index (χ3n) is 1.70. The molecule has 0 radical (unpaired) electrons. The molecule has 2 unspecified atom stereocenters. The van der Waals surface area contributed by atoms with Crippen LogP contribution in [-0.2, 0) is 15.8 Å². The average molecular weight is 235 g/mol. The lowest BCUT2D eigenvalue weighted by Crippen LogP contribution is -2.24. The largest absolute Gasteiger partial charge is 0.394 e. The summed E-state index contributed by atoms with van der Waals surface area (Å²) < 4.78 is 16.9. The summed E-state index contributed by atoms with van der Waals surface area (Å²) in [6.07, 6.45) is 0.834. The minimum Gasteiger partial charge on any atom is -0.394 e. The van der Waals surface area contributed by atoms with E-state index in [4.69, 9.17) is 20.5 Å². The number of hydrogen-bond acceptors (Lipinski definition) is 5. The summed E-state index contributed by atoms with van der Waals surface area (Å²) in [5, 5.41) is 12.8. The minimum absolute atomic E-state index is 0.241. The second-order valence-corrected chi connectivity index (χ2v) is 4.05. The monoisotopic (exact) mass is 235 g/mol. The first-order chi connectivity index (χ1) is 7.11. The highest BCUT2D eigenvalue weighted by Crippen LogP contribution is 2.14. The lowest BCUT2D eigenvalue weighted by atomic mass is 10.4. The number of aromatic nitrogens is 2. The van der Waals surface area contributed by atoms with Crippen LogP contribution < -0.4 is 5.73 Å². The van der Waals surface area contributed by atoms with Crippen molar-refractivity contribution >= 4 is 13.8 Å². The van der Waals surface area contributed by atoms with Gasteiger partial charge in [-0.2, -0.15) is 5.10 Å². The highest BCUT2D eigenvalue weighted by molar-refractivity contribution is 7.37. The molecule has 2 atom stereocenters. The Morgan fingerprint density at radius 3 is 2.93 bits per heavy atom. The minimum atomic E-state index is -2.66. The molecular weight excluding hydrogens is 221 g/mol. The van der Waals surface area contributed by atoms with Crippen LogP contribution in [0.25, 0.3) is 0 Å². The fourth-order valence-corrected chi connectivity index (χ4v) is 1.42. The van der Waals surface area contributed by atoms with E-state index in [9.17, 15) is 4.57 Å². The zero-order valence-corrected chi connectivity index (χ0v) is 9.04. The Hall–Kier alpha value is -0.880. The van der Waals surface area contributed by atoms with Crippen LogP contribution in [0.1, 0.15) is 0 Å². The first kappa shape index (κ1) is 12.2. The molecule has 0 bridgehead atoms. The normalized spacial score (nSPS) is 15.1. The number of nitrogens with two attached hydrogens (primary N) is 1. The van der Waals surface area contributed by atoms with E-state index < -0.39 is 14.1 Å². The van der Waals surface area contributed by atoms with Crippen molar-refractivity contribution in [1.29, 1.82) is 0 Å². The number of aliphatic hydroxyl groups is 1. The number of anilines is 1. The second kappa shape index (κ2) is 5.87. The quantitative estimate of drug-likeness (QED) is 0.560. The van der Waals surface area contributed by atoms with Gasteiger partial charge in [-0.05, 0) is 6.07 Å². The number of ether oxygens (including phenoxy) is 1. The zero-order chi connectivity index (χ0) is 11.3. The molecule has 0 saturated carbocycles. The van der Waals surface area contributed by atoms with Gasteiger partial charge in [0.2, 0.25) is 8.03 Å². The number of hydrogen-bond donors (Lipinski definition) is 3. The molecule has 7 nitrogen and oxygen atoms in total. The van der Waals surface area contributed by atoms with Crippen molar-refractivity contribution in [3.63, 3.8) is 0 Å². The summed E-state index contributed by atoms with van der Waals surface area (Å²) in [5.41, 5.74) is 5.40. The number of nitrogens with zero attached hydrogens (tertiary/aromatic N) is 2. The van der Waals surface area contributed by atoms with Crippen LogP contribution in [0.4, 0.5) is 5.82 Å². The molecule has 86 valence electrons. The van der Waals surface area contributed by atoms with Gasteiger partial charge in [-0.15, -0.1) is 0 Å². The Kier molecular flexibility index (Phi) is 4.77. The topological polar surface area (TPSA) is 111 Å². The molecule has 0 aliphatic rings. The Morgan fingerprint density at radius 2 is 2.47 bits per heavy atom. The molecule has 0 aliphatic carbocycles. The van der Waals surface area contributed by atoms with Crippen LogP contribution in [0.15, 0.2) is 12.3 Å². The van der Waals surface area contributed by atoms with Crippen molar-refractivity contribution in [3.8, 4) is 0 Å². The summed E-state index contributed by atoms with van der Waals surface area (Å²) in [5.74, 6) is 0.377. The predicted molar refractivity (Wildman–Crippen MR) is 54.7 cm³/mol. The first-order valence-electron chi connectivity index (χ1n) is 4.35. The van der Waals surface area contributed by atoms with Gasteiger partial charge in [-0.25, -0.2) is 0 Å². The van der Waals surface area contributed by atoms with Gasteiger partial charge in [0.15, 0.2) is 0 Å². The van der Waals surface area contributed by atoms with Gasteiger partial charge in [0.05, 0.1) is 13.2 Å². The average Bonchev–Trinajstić information content (AvgIpc) is 2.58. The molecule has 0 fully saturated rings. The summed E-state index contributed by atoms with van der Waals surface area (Å²) in [4.78, 5) is 8.56. The Bertz CT molecular complexity index is 330. The predicted octanol–water partition coefficient (Wildman–Crippen LogP) is -0.733. The summed E-state index contributed by atoms with van der Waals surface area (Å²) in [6, 6.07) is 1.61. The third kappa shape index (κ3) is 4.44. The summed E-state index contributed by atoms with van der Waals surface area (Å²) in [7, 11) is -2.66. The van der Waals surface area contributed by atoms with Gasteiger partial charge in [0.1, 0.15) is 18.3 Å². The van der Waals surface area contributed by atoms with E-state index in [-0.39, 0.29) is 13.0 Å². The van der Waals surface area contributed by atoms with E-state index in [0.717, 1.165) is 0 Å². The zero-order valence-electron chi connectivity index (χ0n) is 8.04. The van der Waals surface area contributed by atoms with Crippen LogP contribution in [0.3, 0.4) is 0 Å². The van der Waals surface area contributed by atoms with Gasteiger partial charge in [0, 0.05) is 6.20 Å². The fourth-order valence-electron chi connectivity index (χ4n) is 1.04. The molecule has 0 amide bonds. The van der Waals surface area contributed by atoms with Crippen molar-refractivity contribution < 1.29 is 19.3 Å². The van der Waals surface area contributed by atoms with Crippen molar-refractivity contribution in [2.24, 2.45) is 0 Å². The smallest absolute Gasteiger partial charge is 0.214 e. The van der Waals surface area contributed by atoms with E-state index in [1.54, 1.807) is 12.3 Å². The van der Waals surface area contributed by atoms with Gasteiger partial charge in [0.25, 0.3) is 0 Å². The molecule has 4 N–H and O–H groups in total. The van der Waals surface area contributed by atoms with Gasteiger partial charge >= 0.3 is 0 Å². The second-order valence-electron chi connectivity index (χ2n) is 2.97. The first-order valence-corrected chi connectivity index (χ1v) is 5.91. The summed E-state index contributed by atoms with van der Waals surface area (Å²) >= 11 is 0. The van der Waals surface area contributed by atoms with Crippen molar-refractivity contribution in [1.82, 2.24) is 9.78 Å². The van der Waals surface area contributed by atoms with E-state index in [1.165, 1.54) is 4.68 Å². The van der Waals surface area contributed by atoms with Crippen LogP contribution >= 0.6 is 8.03 Å². The maximum Gasteiger partial charge on any atom is 0.214 e.